The van der Waals surface area contributed by atoms with Crippen molar-refractivity contribution < 1.29 is 4.74 Å². The average Bonchev–Trinajstić information content (AvgIpc) is 3.16. The lowest BCUT2D eigenvalue weighted by molar-refractivity contribution is 0.415. The van der Waals surface area contributed by atoms with Crippen LogP contribution in [0.2, 0.25) is 0 Å². The third-order valence-corrected chi connectivity index (χ3v) is 4.61. The van der Waals surface area contributed by atoms with Gasteiger partial charge in [0.1, 0.15) is 11.8 Å². The summed E-state index contributed by atoms with van der Waals surface area (Å²) in [5.41, 5.74) is 6.29. The van der Waals surface area contributed by atoms with E-state index < -0.39 is 0 Å². The van der Waals surface area contributed by atoms with Gasteiger partial charge in [-0.1, -0.05) is 6.07 Å². The van der Waals surface area contributed by atoms with Gasteiger partial charge in [-0.25, -0.2) is 0 Å². The van der Waals surface area contributed by atoms with Crippen LogP contribution >= 0.6 is 0 Å². The van der Waals surface area contributed by atoms with Crippen molar-refractivity contribution in [2.75, 3.05) is 19.0 Å². The Morgan fingerprint density at radius 1 is 1.22 bits per heavy atom. The molecule has 3 aromatic rings. The van der Waals surface area contributed by atoms with Gasteiger partial charge in [-0.05, 0) is 41.8 Å². The van der Waals surface area contributed by atoms with Crippen molar-refractivity contribution in [1.82, 2.24) is 4.57 Å². The minimum absolute atomic E-state index is 0.719. The van der Waals surface area contributed by atoms with E-state index >= 15 is 0 Å². The minimum Gasteiger partial charge on any atom is -0.497 e. The van der Waals surface area contributed by atoms with Crippen LogP contribution < -0.4 is 10.1 Å². The maximum Gasteiger partial charge on any atom is 0.120 e. The molecule has 114 valence electrons. The molecule has 1 aromatic heterocycles. The maximum absolute atomic E-state index is 9.70. The second-order valence-electron chi connectivity index (χ2n) is 5.83. The largest absolute Gasteiger partial charge is 0.497 e. The summed E-state index contributed by atoms with van der Waals surface area (Å²) < 4.78 is 7.41. The fraction of sp³-hybridized carbons (Fsp3) is 0.211. The maximum atomic E-state index is 9.70. The molecule has 0 unspecified atom stereocenters. The van der Waals surface area contributed by atoms with E-state index in [4.69, 9.17) is 4.74 Å². The Kier molecular flexibility index (Phi) is 3.02. The van der Waals surface area contributed by atoms with Crippen LogP contribution in [0.4, 0.5) is 5.69 Å². The molecule has 1 N–H and O–H groups in total. The number of nitrogens with zero attached hydrogens (tertiary/aromatic N) is 2. The van der Waals surface area contributed by atoms with E-state index in [0.717, 1.165) is 46.4 Å². The zero-order valence-corrected chi connectivity index (χ0v) is 13.2. The quantitative estimate of drug-likeness (QED) is 0.785. The van der Waals surface area contributed by atoms with Crippen molar-refractivity contribution >= 4 is 16.6 Å². The van der Waals surface area contributed by atoms with Gasteiger partial charge in [0.25, 0.3) is 0 Å². The number of aromatic nitrogens is 1. The van der Waals surface area contributed by atoms with Gasteiger partial charge in [-0.3, -0.25) is 0 Å². The molecule has 0 radical (unpaired) electrons. The highest BCUT2D eigenvalue weighted by Crippen LogP contribution is 2.36. The molecule has 0 spiro atoms. The lowest BCUT2D eigenvalue weighted by Gasteiger charge is -2.08. The second-order valence-corrected chi connectivity index (χ2v) is 5.83. The van der Waals surface area contributed by atoms with Crippen molar-refractivity contribution in [2.24, 2.45) is 7.05 Å². The number of methoxy groups -OCH3 is 1. The van der Waals surface area contributed by atoms with Gasteiger partial charge in [-0.2, -0.15) is 5.26 Å². The van der Waals surface area contributed by atoms with Gasteiger partial charge in [0.05, 0.1) is 23.9 Å². The summed E-state index contributed by atoms with van der Waals surface area (Å²) in [5.74, 6) is 0.798. The van der Waals surface area contributed by atoms with Crippen LogP contribution in [0.1, 0.15) is 11.1 Å². The Hall–Kier alpha value is -2.93. The van der Waals surface area contributed by atoms with Crippen molar-refractivity contribution in [3.8, 4) is 23.1 Å². The highest BCUT2D eigenvalue weighted by atomic mass is 16.5. The predicted octanol–water partition coefficient (Wildman–Crippen LogP) is 3.69. The topological polar surface area (TPSA) is 50.0 Å². The van der Waals surface area contributed by atoms with Crippen molar-refractivity contribution in [1.29, 1.82) is 5.26 Å². The average molecular weight is 303 g/mol. The minimum atomic E-state index is 0.719. The molecular weight excluding hydrogens is 286 g/mol. The number of aryl methyl sites for hydroxylation is 1. The van der Waals surface area contributed by atoms with Crippen molar-refractivity contribution in [2.45, 2.75) is 6.42 Å². The number of nitriles is 1. The van der Waals surface area contributed by atoms with Gasteiger partial charge < -0.3 is 14.6 Å². The first kappa shape index (κ1) is 13.7. The first-order valence-electron chi connectivity index (χ1n) is 7.66. The summed E-state index contributed by atoms with van der Waals surface area (Å²) in [4.78, 5) is 0. The van der Waals surface area contributed by atoms with Crippen LogP contribution in [0.15, 0.2) is 36.4 Å². The molecule has 4 nitrogen and oxygen atoms in total. The first-order chi connectivity index (χ1) is 11.2. The van der Waals surface area contributed by atoms with E-state index in [1.165, 1.54) is 11.3 Å². The molecule has 2 heterocycles. The van der Waals surface area contributed by atoms with Crippen molar-refractivity contribution in [3.63, 3.8) is 0 Å². The zero-order valence-electron chi connectivity index (χ0n) is 13.2. The summed E-state index contributed by atoms with van der Waals surface area (Å²) in [7, 11) is 3.66. The van der Waals surface area contributed by atoms with E-state index in [2.05, 4.69) is 34.2 Å². The Balaban J connectivity index is 1.99. The molecule has 0 fully saturated rings. The second kappa shape index (κ2) is 5.06. The highest BCUT2D eigenvalue weighted by molar-refractivity contribution is 5.95. The fourth-order valence-electron chi connectivity index (χ4n) is 3.45. The summed E-state index contributed by atoms with van der Waals surface area (Å²) in [6.07, 6.45) is 1.03. The molecule has 0 saturated carbocycles. The highest BCUT2D eigenvalue weighted by Gasteiger charge is 2.19. The molecule has 1 aliphatic heterocycles. The van der Waals surface area contributed by atoms with E-state index in [1.807, 2.05) is 25.2 Å². The van der Waals surface area contributed by atoms with Crippen LogP contribution in [-0.2, 0) is 13.5 Å². The van der Waals surface area contributed by atoms with E-state index in [-0.39, 0.29) is 0 Å². The van der Waals surface area contributed by atoms with Crippen LogP contribution in [0.25, 0.3) is 22.2 Å². The zero-order chi connectivity index (χ0) is 16.0. The van der Waals surface area contributed by atoms with Crippen LogP contribution in [-0.4, -0.2) is 18.2 Å². The molecule has 2 aromatic carbocycles. The molecule has 0 bridgehead atoms. The summed E-state index contributed by atoms with van der Waals surface area (Å²) >= 11 is 0. The SMILES string of the molecule is COc1ccc2c(C#N)c(-c3ccc4c(c3)CCN4)n(C)c2c1. The molecule has 0 saturated heterocycles. The van der Waals surface area contributed by atoms with Gasteiger partial charge in [-0.15, -0.1) is 0 Å². The summed E-state index contributed by atoms with van der Waals surface area (Å²) in [5, 5.41) is 14.0. The molecule has 1 aliphatic rings. The van der Waals surface area contributed by atoms with E-state index in [9.17, 15) is 5.26 Å². The summed E-state index contributed by atoms with van der Waals surface area (Å²) in [6.45, 7) is 0.982. The number of ether oxygens (including phenoxy) is 1. The first-order valence-corrected chi connectivity index (χ1v) is 7.66. The molecule has 0 atom stereocenters. The van der Waals surface area contributed by atoms with Gasteiger partial charge in [0.2, 0.25) is 0 Å². The van der Waals surface area contributed by atoms with Gasteiger partial charge in [0, 0.05) is 30.7 Å². The Morgan fingerprint density at radius 3 is 2.87 bits per heavy atom. The van der Waals surface area contributed by atoms with E-state index in [0.29, 0.717) is 0 Å². The molecule has 4 rings (SSSR count). The lowest BCUT2D eigenvalue weighted by atomic mass is 10.0. The lowest BCUT2D eigenvalue weighted by Crippen LogP contribution is -1.94. The number of rotatable bonds is 2. The third-order valence-electron chi connectivity index (χ3n) is 4.61. The molecule has 0 amide bonds. The Morgan fingerprint density at radius 2 is 2.09 bits per heavy atom. The monoisotopic (exact) mass is 303 g/mol. The number of hydrogen-bond acceptors (Lipinski definition) is 3. The smallest absolute Gasteiger partial charge is 0.120 e. The third kappa shape index (κ3) is 1.97. The number of nitrogens with one attached hydrogen (secondary N) is 1. The normalized spacial score (nSPS) is 12.7. The van der Waals surface area contributed by atoms with Gasteiger partial charge >= 0.3 is 0 Å². The van der Waals surface area contributed by atoms with Gasteiger partial charge in [0.15, 0.2) is 0 Å². The molecular formula is C19H17N3O. The molecule has 4 heteroatoms. The van der Waals surface area contributed by atoms with E-state index in [1.54, 1.807) is 7.11 Å². The Bertz CT molecular complexity index is 963. The Labute approximate surface area is 134 Å². The standard InChI is InChI=1S/C19H17N3O/c1-22-18-10-14(23-2)4-5-15(18)16(11-20)19(22)13-3-6-17-12(9-13)7-8-21-17/h3-6,9-10,21H,7-8H2,1-2H3. The van der Waals surface area contributed by atoms with Crippen molar-refractivity contribution in [3.05, 3.63) is 47.5 Å². The summed E-state index contributed by atoms with van der Waals surface area (Å²) in [6, 6.07) is 14.6. The van der Waals surface area contributed by atoms with Crippen LogP contribution in [0, 0.1) is 11.3 Å². The van der Waals surface area contributed by atoms with Crippen LogP contribution in [0.5, 0.6) is 5.75 Å². The fourth-order valence-corrected chi connectivity index (χ4v) is 3.45. The molecule has 23 heavy (non-hydrogen) atoms. The number of benzene rings is 2. The molecule has 0 aliphatic carbocycles. The number of fused-ring (bicyclic) bond motifs is 2. The van der Waals surface area contributed by atoms with Crippen LogP contribution in [0.3, 0.4) is 0 Å². The predicted molar refractivity (Wildman–Crippen MR) is 91.8 cm³/mol. The number of anilines is 1. The number of hydrogen-bond donors (Lipinski definition) is 1.